The molecule has 9 N–H and O–H groups in total. The second-order valence-corrected chi connectivity index (χ2v) is 9.35. The van der Waals surface area contributed by atoms with E-state index in [0.717, 1.165) is 43.3 Å². The average Bonchev–Trinajstić information content (AvgIpc) is 3.01. The van der Waals surface area contributed by atoms with Gasteiger partial charge in [-0.3, -0.25) is 19.2 Å². The van der Waals surface area contributed by atoms with Gasteiger partial charge in [0.1, 0.15) is 12.3 Å². The van der Waals surface area contributed by atoms with E-state index >= 15 is 0 Å². The molecule has 0 saturated carbocycles. The van der Waals surface area contributed by atoms with Crippen LogP contribution in [0.25, 0.3) is 0 Å². The minimum Gasteiger partial charge on any atom is -0.481 e. The monoisotopic (exact) mass is 594 g/mol. The lowest BCUT2D eigenvalue weighted by atomic mass is 10.2. The van der Waals surface area contributed by atoms with Crippen molar-refractivity contribution in [1.29, 1.82) is 0 Å². The Kier molecular flexibility index (Phi) is 22.8. The summed E-state index contributed by atoms with van der Waals surface area (Å²) < 4.78 is 0. The van der Waals surface area contributed by atoms with Gasteiger partial charge in [-0.15, -0.1) is 0 Å². The van der Waals surface area contributed by atoms with Gasteiger partial charge in [-0.1, -0.05) is 74.0 Å². The first-order valence-corrected chi connectivity index (χ1v) is 14.2. The number of benzene rings is 3. The molecule has 0 fully saturated rings. The van der Waals surface area contributed by atoms with E-state index in [4.69, 9.17) is 27.4 Å². The third-order valence-corrected chi connectivity index (χ3v) is 5.60. The Bertz CT molecular complexity index is 1160. The third kappa shape index (κ3) is 22.0. The van der Waals surface area contributed by atoms with Gasteiger partial charge in [-0.05, 0) is 74.2 Å². The van der Waals surface area contributed by atoms with Crippen molar-refractivity contribution in [2.75, 3.05) is 18.4 Å². The molecule has 43 heavy (non-hydrogen) atoms. The summed E-state index contributed by atoms with van der Waals surface area (Å²) >= 11 is 0. The zero-order valence-electron chi connectivity index (χ0n) is 24.9. The Morgan fingerprint density at radius 3 is 1.81 bits per heavy atom. The van der Waals surface area contributed by atoms with Crippen LogP contribution in [0.3, 0.4) is 0 Å². The molecular weight excluding hydrogens is 548 g/mol. The first kappa shape index (κ1) is 38.6. The van der Waals surface area contributed by atoms with Crippen LogP contribution in [0.5, 0.6) is 0 Å². The number of unbranched alkanes of at least 4 members (excludes halogenated alkanes) is 1. The van der Waals surface area contributed by atoms with Crippen molar-refractivity contribution in [3.8, 4) is 0 Å². The van der Waals surface area contributed by atoms with E-state index in [0.29, 0.717) is 31.4 Å². The molecular formula is C33H46N4O6. The second kappa shape index (κ2) is 25.3. The number of amides is 1. The van der Waals surface area contributed by atoms with Crippen molar-refractivity contribution in [2.45, 2.75) is 57.9 Å². The highest BCUT2D eigenvalue weighted by molar-refractivity contribution is 5.91. The molecule has 0 saturated heterocycles. The van der Waals surface area contributed by atoms with E-state index in [1.807, 2.05) is 43.3 Å². The number of carboxylic acids is 2. The van der Waals surface area contributed by atoms with Gasteiger partial charge in [0.15, 0.2) is 0 Å². The topological polar surface area (TPSA) is 199 Å². The summed E-state index contributed by atoms with van der Waals surface area (Å²) in [6.45, 7) is 3.29. The largest absolute Gasteiger partial charge is 0.481 e. The van der Waals surface area contributed by atoms with Crippen LogP contribution in [0.4, 0.5) is 5.69 Å². The first-order chi connectivity index (χ1) is 20.7. The highest BCUT2D eigenvalue weighted by Crippen LogP contribution is 2.09. The van der Waals surface area contributed by atoms with Crippen molar-refractivity contribution in [2.24, 2.45) is 17.2 Å². The Labute approximate surface area is 254 Å². The van der Waals surface area contributed by atoms with Crippen LogP contribution in [-0.4, -0.2) is 53.5 Å². The van der Waals surface area contributed by atoms with Crippen LogP contribution in [0.1, 0.15) is 60.5 Å². The van der Waals surface area contributed by atoms with Gasteiger partial charge in [-0.2, -0.15) is 0 Å². The Hall–Kier alpha value is -4.38. The number of aldehydes is 1. The van der Waals surface area contributed by atoms with Crippen LogP contribution in [-0.2, 0) is 27.2 Å². The maximum absolute atomic E-state index is 11.3. The fourth-order valence-corrected chi connectivity index (χ4v) is 3.25. The molecule has 3 aromatic carbocycles. The van der Waals surface area contributed by atoms with Crippen molar-refractivity contribution >= 4 is 29.8 Å². The molecule has 0 aliphatic carbocycles. The lowest BCUT2D eigenvalue weighted by Crippen LogP contribution is -2.30. The van der Waals surface area contributed by atoms with Gasteiger partial charge < -0.3 is 32.7 Å². The number of nitrogens with two attached hydrogens (primary N) is 3. The molecule has 0 aromatic heterocycles. The molecule has 0 bridgehead atoms. The third-order valence-electron chi connectivity index (χ3n) is 5.60. The van der Waals surface area contributed by atoms with Gasteiger partial charge in [0, 0.05) is 17.7 Å². The molecule has 3 rings (SSSR count). The fraction of sp³-hybridized carbons (Fsp3) is 0.333. The zero-order chi connectivity index (χ0) is 32.3. The molecule has 1 amide bonds. The Morgan fingerprint density at radius 2 is 1.37 bits per heavy atom. The predicted octanol–water partition coefficient (Wildman–Crippen LogP) is 4.27. The van der Waals surface area contributed by atoms with Crippen LogP contribution in [0, 0.1) is 0 Å². The van der Waals surface area contributed by atoms with Gasteiger partial charge >= 0.3 is 11.9 Å². The number of carbonyl (C=O) groups is 4. The zero-order valence-corrected chi connectivity index (χ0v) is 24.9. The normalized spacial score (nSPS) is 10.2. The van der Waals surface area contributed by atoms with Gasteiger partial charge in [0.25, 0.3) is 0 Å². The molecule has 10 nitrogen and oxygen atoms in total. The summed E-state index contributed by atoms with van der Waals surface area (Å²) in [6.07, 6.45) is 5.48. The van der Waals surface area contributed by atoms with Crippen molar-refractivity contribution in [3.05, 3.63) is 102 Å². The quantitative estimate of drug-likeness (QED) is 0.156. The Balaban J connectivity index is 0.000000562. The SMILES string of the molecule is CCCCC(=O)Nc1ccc(C=O)cc1.NCCCC(N)C(=O)O.NCCc1ccccc1.O=C(O)Cc1ccccc1. The number of rotatable bonds is 13. The minimum atomic E-state index is -0.955. The summed E-state index contributed by atoms with van der Waals surface area (Å²) in [4.78, 5) is 41.9. The smallest absolute Gasteiger partial charge is 0.320 e. The van der Waals surface area contributed by atoms with E-state index < -0.39 is 18.0 Å². The maximum Gasteiger partial charge on any atom is 0.320 e. The molecule has 234 valence electrons. The molecule has 0 spiro atoms. The minimum absolute atomic E-state index is 0.0238. The number of carboxylic acid groups (broad SMARTS) is 2. The molecule has 3 aromatic rings. The van der Waals surface area contributed by atoms with E-state index in [1.165, 1.54) is 5.56 Å². The van der Waals surface area contributed by atoms with Gasteiger partial charge in [0.05, 0.1) is 6.42 Å². The van der Waals surface area contributed by atoms with Crippen LogP contribution in [0.15, 0.2) is 84.9 Å². The maximum atomic E-state index is 11.3. The lowest BCUT2D eigenvalue weighted by molar-refractivity contribution is -0.139. The molecule has 1 unspecified atom stereocenters. The molecule has 0 radical (unpaired) electrons. The van der Waals surface area contributed by atoms with Gasteiger partial charge in [-0.25, -0.2) is 0 Å². The summed E-state index contributed by atoms with van der Waals surface area (Å²) in [5.41, 5.74) is 19.1. The molecule has 1 atom stereocenters. The van der Waals surface area contributed by atoms with Crippen molar-refractivity contribution < 1.29 is 29.4 Å². The number of anilines is 1. The first-order valence-electron chi connectivity index (χ1n) is 14.2. The number of aliphatic carboxylic acids is 2. The van der Waals surface area contributed by atoms with Crippen LogP contribution < -0.4 is 22.5 Å². The van der Waals surface area contributed by atoms with Crippen molar-refractivity contribution in [3.63, 3.8) is 0 Å². The summed E-state index contributed by atoms with van der Waals surface area (Å²) in [5.74, 6) is -1.72. The van der Waals surface area contributed by atoms with E-state index in [9.17, 15) is 19.2 Å². The second-order valence-electron chi connectivity index (χ2n) is 9.35. The average molecular weight is 595 g/mol. The van der Waals surface area contributed by atoms with Crippen LogP contribution >= 0.6 is 0 Å². The van der Waals surface area contributed by atoms with E-state index in [1.54, 1.807) is 36.4 Å². The van der Waals surface area contributed by atoms with E-state index in [-0.39, 0.29) is 12.3 Å². The molecule has 0 aliphatic heterocycles. The highest BCUT2D eigenvalue weighted by atomic mass is 16.4. The number of hydrogen-bond acceptors (Lipinski definition) is 7. The summed E-state index contributed by atoms with van der Waals surface area (Å²) in [5, 5.41) is 19.4. The fourth-order valence-electron chi connectivity index (χ4n) is 3.25. The predicted molar refractivity (Wildman–Crippen MR) is 171 cm³/mol. The summed E-state index contributed by atoms with van der Waals surface area (Å²) in [6, 6.07) is 25.5. The number of carbonyl (C=O) groups excluding carboxylic acids is 2. The Morgan fingerprint density at radius 1 is 0.814 bits per heavy atom. The standard InChI is InChI=1S/C12H15NO2.C8H11N.C8H8O2.C5H12N2O2/c1-2-3-4-12(15)13-11-7-5-10(9-14)6-8-11;9-7-6-8-4-2-1-3-5-8;9-8(10)6-7-4-2-1-3-5-7;6-3-1-2-4(7)5(8)9/h5-9H,2-4H2,1H3,(H,13,15);1-5H,6-7,9H2;1-5H,6H2,(H,9,10);4H,1-3,6-7H2,(H,8,9). The van der Waals surface area contributed by atoms with E-state index in [2.05, 4.69) is 17.4 Å². The number of nitrogens with one attached hydrogen (secondary N) is 1. The molecule has 10 heteroatoms. The lowest BCUT2D eigenvalue weighted by Gasteiger charge is -2.04. The van der Waals surface area contributed by atoms with Crippen LogP contribution in [0.2, 0.25) is 0 Å². The molecule has 0 heterocycles. The molecule has 0 aliphatic rings. The summed E-state index contributed by atoms with van der Waals surface area (Å²) in [7, 11) is 0. The number of hydrogen-bond donors (Lipinski definition) is 6. The highest BCUT2D eigenvalue weighted by Gasteiger charge is 2.08. The van der Waals surface area contributed by atoms with Gasteiger partial charge in [0.2, 0.25) is 5.91 Å². The van der Waals surface area contributed by atoms with Crippen molar-refractivity contribution in [1.82, 2.24) is 0 Å².